The molecule has 0 aliphatic heterocycles. The van der Waals surface area contributed by atoms with Crippen molar-refractivity contribution in [2.45, 2.75) is 79.4 Å². The van der Waals surface area contributed by atoms with Crippen LogP contribution in [-0.2, 0) is 4.74 Å². The van der Waals surface area contributed by atoms with Gasteiger partial charge in [0.05, 0.1) is 12.2 Å². The van der Waals surface area contributed by atoms with E-state index in [0.717, 1.165) is 18.9 Å². The van der Waals surface area contributed by atoms with Gasteiger partial charge in [0.25, 0.3) is 0 Å². The molecular formula is C17H35NO. The van der Waals surface area contributed by atoms with Gasteiger partial charge >= 0.3 is 0 Å². The summed E-state index contributed by atoms with van der Waals surface area (Å²) in [5.74, 6) is 2.04. The van der Waals surface area contributed by atoms with Gasteiger partial charge in [0, 0.05) is 0 Å². The normalized spacial score (nSPS) is 30.6. The molecule has 0 aromatic rings. The smallest absolute Gasteiger partial charge is 0.0621 e. The first-order valence-electron chi connectivity index (χ1n) is 8.09. The first-order chi connectivity index (χ1) is 8.74. The fourth-order valence-electron chi connectivity index (χ4n) is 3.43. The van der Waals surface area contributed by atoms with Crippen LogP contribution in [0.3, 0.4) is 0 Å². The van der Waals surface area contributed by atoms with Crippen molar-refractivity contribution in [3.05, 3.63) is 0 Å². The van der Waals surface area contributed by atoms with Gasteiger partial charge in [-0.05, 0) is 62.3 Å². The van der Waals surface area contributed by atoms with Crippen molar-refractivity contribution in [3.8, 4) is 0 Å². The predicted molar refractivity (Wildman–Crippen MR) is 83.1 cm³/mol. The van der Waals surface area contributed by atoms with Gasteiger partial charge in [0.2, 0.25) is 0 Å². The Morgan fingerprint density at radius 3 is 2.26 bits per heavy atom. The lowest BCUT2D eigenvalue weighted by molar-refractivity contribution is -0.0791. The van der Waals surface area contributed by atoms with Crippen LogP contribution in [0.1, 0.15) is 67.2 Å². The Kier molecular flexibility index (Phi) is 6.32. The maximum Gasteiger partial charge on any atom is 0.0621 e. The van der Waals surface area contributed by atoms with E-state index in [9.17, 15) is 0 Å². The molecule has 0 saturated heterocycles. The van der Waals surface area contributed by atoms with Crippen LogP contribution >= 0.6 is 0 Å². The van der Waals surface area contributed by atoms with E-state index in [1.54, 1.807) is 0 Å². The second-order valence-corrected chi connectivity index (χ2v) is 7.99. The molecule has 0 aromatic heterocycles. The van der Waals surface area contributed by atoms with Crippen molar-refractivity contribution in [3.63, 3.8) is 0 Å². The summed E-state index contributed by atoms with van der Waals surface area (Å²) in [4.78, 5) is 0. The molecular weight excluding hydrogens is 234 g/mol. The summed E-state index contributed by atoms with van der Waals surface area (Å²) in [5, 5.41) is 0. The summed E-state index contributed by atoms with van der Waals surface area (Å²) in [6, 6.07) is 0. The standard InChI is InChI=1S/C17H35NO/c1-12(2)9-13(3)19-16-10-15(17(4,5)6)8-7-14(16)11-18/h12-16H,7-11,18H2,1-6H3. The molecule has 0 aromatic carbocycles. The lowest BCUT2D eigenvalue weighted by Crippen LogP contribution is -2.41. The highest BCUT2D eigenvalue weighted by Crippen LogP contribution is 2.41. The minimum absolute atomic E-state index is 0.359. The number of rotatable bonds is 5. The summed E-state index contributed by atoms with van der Waals surface area (Å²) in [7, 11) is 0. The molecule has 2 nitrogen and oxygen atoms in total. The van der Waals surface area contributed by atoms with Crippen molar-refractivity contribution >= 4 is 0 Å². The molecule has 0 bridgehead atoms. The average molecular weight is 269 g/mol. The number of hydrogen-bond acceptors (Lipinski definition) is 2. The molecule has 1 aliphatic rings. The van der Waals surface area contributed by atoms with Crippen LogP contribution < -0.4 is 5.73 Å². The third-order valence-corrected chi connectivity index (χ3v) is 4.67. The van der Waals surface area contributed by atoms with Crippen LogP contribution in [0.4, 0.5) is 0 Å². The molecule has 4 atom stereocenters. The fourth-order valence-corrected chi connectivity index (χ4v) is 3.43. The van der Waals surface area contributed by atoms with Crippen LogP contribution in [0.5, 0.6) is 0 Å². The molecule has 2 heteroatoms. The van der Waals surface area contributed by atoms with Crippen molar-refractivity contribution in [2.75, 3.05) is 6.54 Å². The Hall–Kier alpha value is -0.0800. The molecule has 0 spiro atoms. The Balaban J connectivity index is 2.60. The van der Waals surface area contributed by atoms with E-state index in [0.29, 0.717) is 29.5 Å². The van der Waals surface area contributed by atoms with Crippen LogP contribution in [0.15, 0.2) is 0 Å². The molecule has 0 amide bonds. The van der Waals surface area contributed by atoms with Gasteiger partial charge < -0.3 is 10.5 Å². The summed E-state index contributed by atoms with van der Waals surface area (Å²) >= 11 is 0. The van der Waals surface area contributed by atoms with Crippen molar-refractivity contribution in [2.24, 2.45) is 28.9 Å². The topological polar surface area (TPSA) is 35.2 Å². The molecule has 1 rings (SSSR count). The molecule has 0 radical (unpaired) electrons. The van der Waals surface area contributed by atoms with Crippen LogP contribution in [0.25, 0.3) is 0 Å². The minimum Gasteiger partial charge on any atom is -0.375 e. The third kappa shape index (κ3) is 5.43. The third-order valence-electron chi connectivity index (χ3n) is 4.67. The number of hydrogen-bond donors (Lipinski definition) is 1. The molecule has 0 heterocycles. The lowest BCUT2D eigenvalue weighted by atomic mass is 9.68. The van der Waals surface area contributed by atoms with Gasteiger partial charge in [-0.25, -0.2) is 0 Å². The Labute approximate surface area is 120 Å². The maximum atomic E-state index is 6.35. The first-order valence-corrected chi connectivity index (χ1v) is 8.09. The van der Waals surface area contributed by atoms with E-state index in [1.807, 2.05) is 0 Å². The van der Waals surface area contributed by atoms with Crippen molar-refractivity contribution in [1.82, 2.24) is 0 Å². The molecule has 114 valence electrons. The zero-order chi connectivity index (χ0) is 14.6. The van der Waals surface area contributed by atoms with Gasteiger partial charge in [0.15, 0.2) is 0 Å². The Bertz CT molecular complexity index is 256. The zero-order valence-corrected chi connectivity index (χ0v) is 13.9. The van der Waals surface area contributed by atoms with E-state index in [4.69, 9.17) is 10.5 Å². The fraction of sp³-hybridized carbons (Fsp3) is 1.00. The highest BCUT2D eigenvalue weighted by Gasteiger charge is 2.36. The highest BCUT2D eigenvalue weighted by atomic mass is 16.5. The van der Waals surface area contributed by atoms with Gasteiger partial charge in [-0.1, -0.05) is 34.6 Å². The Morgan fingerprint density at radius 1 is 1.16 bits per heavy atom. The van der Waals surface area contributed by atoms with E-state index >= 15 is 0 Å². The second-order valence-electron chi connectivity index (χ2n) is 7.99. The monoisotopic (exact) mass is 269 g/mol. The quantitative estimate of drug-likeness (QED) is 0.810. The molecule has 1 aliphatic carbocycles. The van der Waals surface area contributed by atoms with Gasteiger partial charge in [0.1, 0.15) is 0 Å². The van der Waals surface area contributed by atoms with Crippen LogP contribution in [0.2, 0.25) is 0 Å². The largest absolute Gasteiger partial charge is 0.375 e. The molecule has 1 saturated carbocycles. The number of ether oxygens (including phenoxy) is 1. The van der Waals surface area contributed by atoms with E-state index in [-0.39, 0.29) is 0 Å². The molecule has 4 unspecified atom stereocenters. The predicted octanol–water partition coefficient (Wildman–Crippen LogP) is 4.23. The summed E-state index contributed by atoms with van der Waals surface area (Å²) < 4.78 is 6.35. The van der Waals surface area contributed by atoms with Crippen LogP contribution in [0, 0.1) is 23.2 Å². The lowest BCUT2D eigenvalue weighted by Gasteiger charge is -2.42. The van der Waals surface area contributed by atoms with Gasteiger partial charge in [-0.3, -0.25) is 0 Å². The molecule has 19 heavy (non-hydrogen) atoms. The second kappa shape index (κ2) is 7.08. The van der Waals surface area contributed by atoms with E-state index in [1.165, 1.54) is 19.3 Å². The molecule has 2 N–H and O–H groups in total. The summed E-state index contributed by atoms with van der Waals surface area (Å²) in [5.41, 5.74) is 6.34. The van der Waals surface area contributed by atoms with Crippen molar-refractivity contribution < 1.29 is 4.74 Å². The highest BCUT2D eigenvalue weighted by molar-refractivity contribution is 4.87. The SMILES string of the molecule is CC(C)CC(C)OC1CC(C(C)(C)C)CCC1CN. The average Bonchev–Trinajstić information content (AvgIpc) is 2.26. The zero-order valence-electron chi connectivity index (χ0n) is 13.9. The minimum atomic E-state index is 0.359. The first kappa shape index (κ1) is 17.0. The summed E-state index contributed by atoms with van der Waals surface area (Å²) in [6.07, 6.45) is 5.61. The van der Waals surface area contributed by atoms with Crippen molar-refractivity contribution in [1.29, 1.82) is 0 Å². The van der Waals surface area contributed by atoms with Gasteiger partial charge in [-0.15, -0.1) is 0 Å². The summed E-state index contributed by atoms with van der Waals surface area (Å²) in [6.45, 7) is 14.6. The van der Waals surface area contributed by atoms with E-state index < -0.39 is 0 Å². The maximum absolute atomic E-state index is 6.35. The van der Waals surface area contributed by atoms with Gasteiger partial charge in [-0.2, -0.15) is 0 Å². The molecule has 1 fully saturated rings. The Morgan fingerprint density at radius 2 is 1.79 bits per heavy atom. The van der Waals surface area contributed by atoms with E-state index in [2.05, 4.69) is 41.5 Å². The number of nitrogens with two attached hydrogens (primary N) is 1. The van der Waals surface area contributed by atoms with Crippen LogP contribution in [-0.4, -0.2) is 18.8 Å².